The first kappa shape index (κ1) is 17.8. The van der Waals surface area contributed by atoms with E-state index < -0.39 is 5.97 Å². The van der Waals surface area contributed by atoms with Crippen molar-refractivity contribution in [2.24, 2.45) is 4.99 Å². The van der Waals surface area contributed by atoms with Gasteiger partial charge in [-0.05, 0) is 30.5 Å². The van der Waals surface area contributed by atoms with Crippen LogP contribution >= 0.6 is 0 Å². The number of aromatic nitrogens is 2. The van der Waals surface area contributed by atoms with Crippen LogP contribution in [0.5, 0.6) is 0 Å². The quantitative estimate of drug-likeness (QED) is 0.736. The summed E-state index contributed by atoms with van der Waals surface area (Å²) in [5.41, 5.74) is 1.23. The van der Waals surface area contributed by atoms with E-state index in [0.29, 0.717) is 23.3 Å². The number of benzene rings is 1. The lowest BCUT2D eigenvalue weighted by atomic mass is 10.1. The van der Waals surface area contributed by atoms with Gasteiger partial charge >= 0.3 is 5.97 Å². The fraction of sp³-hybridized carbons (Fsp3) is 0.368. The summed E-state index contributed by atoms with van der Waals surface area (Å²) in [5, 5.41) is 12.5. The Morgan fingerprint density at radius 2 is 2.23 bits per heavy atom. The number of fused-ring (bicyclic) bond motifs is 1. The van der Waals surface area contributed by atoms with Crippen molar-refractivity contribution in [3.63, 3.8) is 0 Å². The smallest absolute Gasteiger partial charge is 0.303 e. The number of aliphatic carboxylic acids is 1. The molecule has 26 heavy (non-hydrogen) atoms. The van der Waals surface area contributed by atoms with Gasteiger partial charge in [0.1, 0.15) is 5.82 Å². The zero-order valence-electron chi connectivity index (χ0n) is 14.5. The summed E-state index contributed by atoms with van der Waals surface area (Å²) < 4.78 is 0. The Morgan fingerprint density at radius 1 is 1.35 bits per heavy atom. The molecule has 0 fully saturated rings. The van der Waals surface area contributed by atoms with Crippen molar-refractivity contribution in [2.45, 2.75) is 32.1 Å². The molecule has 1 aliphatic rings. The third-order valence-electron chi connectivity index (χ3n) is 4.21. The molecule has 2 heterocycles. The van der Waals surface area contributed by atoms with E-state index in [1.165, 1.54) is 12.8 Å². The van der Waals surface area contributed by atoms with Crippen LogP contribution in [0.15, 0.2) is 34.1 Å². The van der Waals surface area contributed by atoms with Crippen molar-refractivity contribution >= 4 is 28.8 Å². The van der Waals surface area contributed by atoms with Crippen LogP contribution in [0.25, 0.3) is 17.0 Å². The maximum Gasteiger partial charge on any atom is 0.303 e. The molecule has 0 amide bonds. The van der Waals surface area contributed by atoms with E-state index in [2.05, 4.69) is 20.3 Å². The standard InChI is InChI=1S/C19H22N4O3/c24-18(25)9-8-17-22-15-7-6-13(12-14(15)19(26)23-17)4-3-11-21-16-5-1-2-10-20-16/h3-4,6-7,12H,1-2,5,8-11H2,(H,20,21)(H,24,25)(H,22,23,26)/b4-3+. The molecular formula is C19H22N4O3. The van der Waals surface area contributed by atoms with Gasteiger partial charge in [-0.25, -0.2) is 4.98 Å². The van der Waals surface area contributed by atoms with Crippen LogP contribution in [0.1, 0.15) is 37.1 Å². The van der Waals surface area contributed by atoms with Gasteiger partial charge in [0.05, 0.1) is 23.2 Å². The van der Waals surface area contributed by atoms with E-state index in [0.717, 1.165) is 24.4 Å². The van der Waals surface area contributed by atoms with E-state index in [-0.39, 0.29) is 18.4 Å². The summed E-state index contributed by atoms with van der Waals surface area (Å²) in [7, 11) is 0. The summed E-state index contributed by atoms with van der Waals surface area (Å²) >= 11 is 0. The summed E-state index contributed by atoms with van der Waals surface area (Å²) in [5.74, 6) is 0.542. The normalized spacial score (nSPS) is 14.5. The van der Waals surface area contributed by atoms with Gasteiger partial charge in [-0.2, -0.15) is 0 Å². The number of aliphatic imine (C=N–C) groups is 1. The van der Waals surface area contributed by atoms with Gasteiger partial charge in [-0.3, -0.25) is 14.6 Å². The molecule has 7 heteroatoms. The van der Waals surface area contributed by atoms with Gasteiger partial charge < -0.3 is 15.4 Å². The molecule has 1 aliphatic heterocycles. The van der Waals surface area contributed by atoms with Crippen molar-refractivity contribution in [3.05, 3.63) is 46.0 Å². The lowest BCUT2D eigenvalue weighted by Gasteiger charge is -2.12. The van der Waals surface area contributed by atoms with Crippen molar-refractivity contribution in [2.75, 3.05) is 13.1 Å². The lowest BCUT2D eigenvalue weighted by Crippen LogP contribution is -2.25. The molecule has 1 aromatic carbocycles. The highest BCUT2D eigenvalue weighted by molar-refractivity contribution is 5.83. The minimum absolute atomic E-state index is 0.0619. The summed E-state index contributed by atoms with van der Waals surface area (Å²) in [6.45, 7) is 1.60. The average molecular weight is 354 g/mol. The fourth-order valence-electron chi connectivity index (χ4n) is 2.87. The Bertz CT molecular complexity index is 915. The Hall–Kier alpha value is -2.96. The van der Waals surface area contributed by atoms with E-state index in [4.69, 9.17) is 5.11 Å². The van der Waals surface area contributed by atoms with Gasteiger partial charge in [0, 0.05) is 25.9 Å². The van der Waals surface area contributed by atoms with Crippen molar-refractivity contribution in [1.29, 1.82) is 0 Å². The Labute approximate surface area is 150 Å². The number of carboxylic acids is 1. The molecule has 3 rings (SSSR count). The molecule has 0 aliphatic carbocycles. The first-order chi connectivity index (χ1) is 12.6. The second-order valence-corrected chi connectivity index (χ2v) is 6.25. The number of H-pyrrole nitrogens is 1. The zero-order chi connectivity index (χ0) is 18.4. The first-order valence-electron chi connectivity index (χ1n) is 8.80. The van der Waals surface area contributed by atoms with Gasteiger partial charge in [0.15, 0.2) is 0 Å². The molecule has 136 valence electrons. The average Bonchev–Trinajstić information content (AvgIpc) is 2.65. The molecule has 0 saturated carbocycles. The highest BCUT2D eigenvalue weighted by Gasteiger charge is 2.06. The summed E-state index contributed by atoms with van der Waals surface area (Å²) in [6, 6.07) is 5.47. The minimum Gasteiger partial charge on any atom is -0.481 e. The molecular weight excluding hydrogens is 332 g/mol. The monoisotopic (exact) mass is 354 g/mol. The van der Waals surface area contributed by atoms with E-state index in [1.54, 1.807) is 12.1 Å². The van der Waals surface area contributed by atoms with Crippen molar-refractivity contribution < 1.29 is 9.90 Å². The highest BCUT2D eigenvalue weighted by atomic mass is 16.4. The molecule has 7 nitrogen and oxygen atoms in total. The first-order valence-corrected chi connectivity index (χ1v) is 8.80. The highest BCUT2D eigenvalue weighted by Crippen LogP contribution is 2.12. The fourth-order valence-corrected chi connectivity index (χ4v) is 2.87. The SMILES string of the molecule is O=C(O)CCc1nc2ccc(/C=C/CNC3=NCCCC3)cc2c(=O)[nH]1. The third-order valence-corrected chi connectivity index (χ3v) is 4.21. The van der Waals surface area contributed by atoms with Crippen LogP contribution < -0.4 is 10.9 Å². The second-order valence-electron chi connectivity index (χ2n) is 6.25. The third kappa shape index (κ3) is 4.78. The number of carbonyl (C=O) groups is 1. The van der Waals surface area contributed by atoms with Crippen LogP contribution in [0.2, 0.25) is 0 Å². The lowest BCUT2D eigenvalue weighted by molar-refractivity contribution is -0.137. The largest absolute Gasteiger partial charge is 0.481 e. The summed E-state index contributed by atoms with van der Waals surface area (Å²) in [4.78, 5) is 34.3. The van der Waals surface area contributed by atoms with E-state index in [1.807, 2.05) is 18.2 Å². The van der Waals surface area contributed by atoms with Crippen LogP contribution in [0.4, 0.5) is 0 Å². The topological polar surface area (TPSA) is 107 Å². The predicted molar refractivity (Wildman–Crippen MR) is 102 cm³/mol. The van der Waals surface area contributed by atoms with Crippen LogP contribution in [0, 0.1) is 0 Å². The molecule has 3 N–H and O–H groups in total. The van der Waals surface area contributed by atoms with Crippen LogP contribution in [-0.2, 0) is 11.2 Å². The Balaban J connectivity index is 1.68. The van der Waals surface area contributed by atoms with Gasteiger partial charge in [0.25, 0.3) is 5.56 Å². The molecule has 0 radical (unpaired) electrons. The number of carboxylic acid groups (broad SMARTS) is 1. The number of rotatable bonds is 6. The molecule has 0 bridgehead atoms. The number of nitrogens with zero attached hydrogens (tertiary/aromatic N) is 2. The Morgan fingerprint density at radius 3 is 3.00 bits per heavy atom. The molecule has 0 saturated heterocycles. The number of nitrogens with one attached hydrogen (secondary N) is 2. The minimum atomic E-state index is -0.916. The Kier molecular flexibility index (Phi) is 5.78. The van der Waals surface area contributed by atoms with Gasteiger partial charge in [-0.1, -0.05) is 18.2 Å². The maximum absolute atomic E-state index is 12.2. The molecule has 1 aromatic heterocycles. The number of aromatic amines is 1. The molecule has 0 atom stereocenters. The molecule has 2 aromatic rings. The molecule has 0 unspecified atom stereocenters. The van der Waals surface area contributed by atoms with Crippen LogP contribution in [-0.4, -0.2) is 40.0 Å². The number of hydrogen-bond acceptors (Lipinski definition) is 5. The maximum atomic E-state index is 12.2. The van der Waals surface area contributed by atoms with Crippen molar-refractivity contribution in [1.82, 2.24) is 15.3 Å². The molecule has 0 spiro atoms. The predicted octanol–water partition coefficient (Wildman–Crippen LogP) is 2.13. The zero-order valence-corrected chi connectivity index (χ0v) is 14.5. The number of amidine groups is 1. The van der Waals surface area contributed by atoms with Gasteiger partial charge in [-0.15, -0.1) is 0 Å². The number of hydrogen-bond donors (Lipinski definition) is 3. The number of aryl methyl sites for hydroxylation is 1. The van der Waals surface area contributed by atoms with Gasteiger partial charge in [0.2, 0.25) is 0 Å². The van der Waals surface area contributed by atoms with Crippen LogP contribution in [0.3, 0.4) is 0 Å². The second kappa shape index (κ2) is 8.42. The van der Waals surface area contributed by atoms with E-state index >= 15 is 0 Å². The summed E-state index contributed by atoms with van der Waals surface area (Å²) in [6.07, 6.45) is 7.46. The van der Waals surface area contributed by atoms with Crippen molar-refractivity contribution in [3.8, 4) is 0 Å². The van der Waals surface area contributed by atoms with E-state index in [9.17, 15) is 9.59 Å².